The van der Waals surface area contributed by atoms with Crippen molar-refractivity contribution in [1.82, 2.24) is 20.6 Å². The van der Waals surface area contributed by atoms with Crippen LogP contribution in [0.5, 0.6) is 0 Å². The van der Waals surface area contributed by atoms with E-state index in [0.29, 0.717) is 21.4 Å². The van der Waals surface area contributed by atoms with Crippen LogP contribution in [0, 0.1) is 0 Å². The molecule has 3 N–H and O–H groups in total. The highest BCUT2D eigenvalue weighted by Crippen LogP contribution is 2.25. The van der Waals surface area contributed by atoms with Gasteiger partial charge in [-0.15, -0.1) is 11.3 Å². The van der Waals surface area contributed by atoms with E-state index >= 15 is 0 Å². The molecule has 0 saturated carbocycles. The predicted molar refractivity (Wildman–Crippen MR) is 112 cm³/mol. The van der Waals surface area contributed by atoms with Crippen molar-refractivity contribution in [2.45, 2.75) is 0 Å². The number of benzene rings is 1. The topological polar surface area (TPSA) is 122 Å². The van der Waals surface area contributed by atoms with Gasteiger partial charge >= 0.3 is 6.01 Å². The molecule has 0 atom stereocenters. The van der Waals surface area contributed by atoms with Gasteiger partial charge in [-0.05, 0) is 35.7 Å². The highest BCUT2D eigenvalue weighted by molar-refractivity contribution is 7.14. The van der Waals surface area contributed by atoms with Crippen molar-refractivity contribution in [3.63, 3.8) is 0 Å². The minimum atomic E-state index is -0.491. The molecule has 30 heavy (non-hydrogen) atoms. The first-order chi connectivity index (χ1) is 14.6. The Kier molecular flexibility index (Phi) is 5.68. The van der Waals surface area contributed by atoms with E-state index in [1.54, 1.807) is 60.2 Å². The zero-order chi connectivity index (χ0) is 20.9. The highest BCUT2D eigenvalue weighted by atomic mass is 35.5. The number of hydrogen-bond acceptors (Lipinski definition) is 8. The molecule has 1 aromatic carbocycles. The Morgan fingerprint density at radius 1 is 1.00 bits per heavy atom. The summed E-state index contributed by atoms with van der Waals surface area (Å²) in [4.78, 5) is 33.0. The van der Waals surface area contributed by atoms with Crippen LogP contribution in [0.15, 0.2) is 64.8 Å². The number of carbonyl (C=O) groups excluding carboxylic acids is 2. The zero-order valence-electron chi connectivity index (χ0n) is 15.1. The Morgan fingerprint density at radius 3 is 2.60 bits per heavy atom. The lowest BCUT2D eigenvalue weighted by Crippen LogP contribution is -2.30. The number of carbonyl (C=O) groups is 2. The van der Waals surface area contributed by atoms with Gasteiger partial charge in [0, 0.05) is 18.0 Å². The van der Waals surface area contributed by atoms with Crippen molar-refractivity contribution < 1.29 is 14.1 Å². The van der Waals surface area contributed by atoms with E-state index in [0.717, 1.165) is 5.56 Å². The molecule has 0 radical (unpaired) electrons. The maximum atomic E-state index is 12.5. The number of halogens is 1. The second kappa shape index (κ2) is 8.72. The number of nitrogens with zero attached hydrogens (tertiary/aromatic N) is 3. The zero-order valence-corrected chi connectivity index (χ0v) is 16.7. The summed E-state index contributed by atoms with van der Waals surface area (Å²) in [6.45, 7) is 0. The number of nitrogens with one attached hydrogen (secondary N) is 3. The van der Waals surface area contributed by atoms with E-state index in [4.69, 9.17) is 16.1 Å². The Balaban J connectivity index is 1.41. The fourth-order valence-corrected chi connectivity index (χ4v) is 3.47. The summed E-state index contributed by atoms with van der Waals surface area (Å²) in [7, 11) is 0. The Bertz CT molecular complexity index is 1190. The molecule has 0 aliphatic heterocycles. The molecule has 4 rings (SSSR count). The van der Waals surface area contributed by atoms with Crippen LogP contribution in [0.4, 0.5) is 11.0 Å². The maximum absolute atomic E-state index is 12.5. The summed E-state index contributed by atoms with van der Waals surface area (Å²) < 4.78 is 5.06. The Labute approximate surface area is 179 Å². The van der Waals surface area contributed by atoms with Gasteiger partial charge in [-0.3, -0.25) is 20.0 Å². The van der Waals surface area contributed by atoms with Crippen molar-refractivity contribution in [3.8, 4) is 11.4 Å². The van der Waals surface area contributed by atoms with Gasteiger partial charge in [-0.1, -0.05) is 28.9 Å². The van der Waals surface area contributed by atoms with E-state index in [9.17, 15) is 9.59 Å². The number of aromatic nitrogens is 3. The van der Waals surface area contributed by atoms with E-state index in [-0.39, 0.29) is 11.6 Å². The van der Waals surface area contributed by atoms with Crippen LogP contribution in [0.25, 0.3) is 11.4 Å². The maximum Gasteiger partial charge on any atom is 0.340 e. The molecule has 150 valence electrons. The monoisotopic (exact) mass is 440 g/mol. The molecule has 0 aliphatic carbocycles. The number of anilines is 2. The van der Waals surface area contributed by atoms with E-state index < -0.39 is 11.8 Å². The molecule has 4 aromatic rings. The molecule has 0 unspecified atom stereocenters. The fourth-order valence-electron chi connectivity index (χ4n) is 2.47. The number of pyridine rings is 1. The largest absolute Gasteiger partial charge is 0.340 e. The second-order valence-electron chi connectivity index (χ2n) is 5.84. The third kappa shape index (κ3) is 4.29. The molecule has 0 spiro atoms. The standard InChI is InChI=1S/C19H13ClN6O3S/c20-14-4-2-1-3-12(14)16(27)23-18-13(7-10-30-18)17(28)24-25-19-22-15(26-29-19)11-5-8-21-9-6-11/h1-10H,(H,23,27)(H,24,28)(H,22,25,26). The van der Waals surface area contributed by atoms with Crippen LogP contribution >= 0.6 is 22.9 Å². The van der Waals surface area contributed by atoms with Crippen LogP contribution in [0.3, 0.4) is 0 Å². The van der Waals surface area contributed by atoms with Gasteiger partial charge in [0.05, 0.1) is 16.1 Å². The van der Waals surface area contributed by atoms with E-state index in [1.807, 2.05) is 0 Å². The van der Waals surface area contributed by atoms with Crippen LogP contribution in [0.1, 0.15) is 20.7 Å². The number of thiophene rings is 1. The first kappa shape index (κ1) is 19.6. The number of hydrazine groups is 1. The number of amides is 2. The van der Waals surface area contributed by atoms with Crippen molar-refractivity contribution in [3.05, 3.63) is 76.4 Å². The summed E-state index contributed by atoms with van der Waals surface area (Å²) in [5, 5.41) is 8.92. The van der Waals surface area contributed by atoms with Gasteiger partial charge in [0.25, 0.3) is 11.8 Å². The molecule has 0 saturated heterocycles. The smallest absolute Gasteiger partial charge is 0.313 e. The third-order valence-electron chi connectivity index (χ3n) is 3.90. The van der Waals surface area contributed by atoms with Crippen LogP contribution in [0.2, 0.25) is 5.02 Å². The summed E-state index contributed by atoms with van der Waals surface area (Å²) in [6.07, 6.45) is 3.21. The summed E-state index contributed by atoms with van der Waals surface area (Å²) in [5.41, 5.74) is 6.32. The van der Waals surface area contributed by atoms with Crippen LogP contribution in [-0.4, -0.2) is 26.9 Å². The molecule has 3 heterocycles. The van der Waals surface area contributed by atoms with E-state index in [1.165, 1.54) is 11.3 Å². The van der Waals surface area contributed by atoms with Crippen molar-refractivity contribution in [1.29, 1.82) is 0 Å². The number of rotatable bonds is 6. The van der Waals surface area contributed by atoms with Gasteiger partial charge in [0.1, 0.15) is 5.00 Å². The lowest BCUT2D eigenvalue weighted by Gasteiger charge is -2.08. The van der Waals surface area contributed by atoms with Gasteiger partial charge in [-0.25, -0.2) is 5.43 Å². The molecule has 0 aliphatic rings. The van der Waals surface area contributed by atoms with E-state index in [2.05, 4.69) is 31.3 Å². The molecule has 3 aromatic heterocycles. The molecule has 9 nitrogen and oxygen atoms in total. The van der Waals surface area contributed by atoms with Crippen molar-refractivity contribution >= 4 is 45.8 Å². The number of hydrogen-bond donors (Lipinski definition) is 3. The molecule has 11 heteroatoms. The fraction of sp³-hybridized carbons (Fsp3) is 0. The molecular formula is C19H13ClN6O3S. The summed E-state index contributed by atoms with van der Waals surface area (Å²) >= 11 is 7.26. The molecule has 0 fully saturated rings. The quantitative estimate of drug-likeness (QED) is 0.389. The molecular weight excluding hydrogens is 428 g/mol. The first-order valence-corrected chi connectivity index (χ1v) is 9.81. The van der Waals surface area contributed by atoms with Gasteiger partial charge in [-0.2, -0.15) is 4.98 Å². The minimum absolute atomic E-state index is 0.00652. The second-order valence-corrected chi connectivity index (χ2v) is 7.16. The summed E-state index contributed by atoms with van der Waals surface area (Å²) in [6, 6.07) is 11.7. The third-order valence-corrected chi connectivity index (χ3v) is 5.06. The molecule has 0 bridgehead atoms. The lowest BCUT2D eigenvalue weighted by atomic mass is 10.2. The average molecular weight is 441 g/mol. The van der Waals surface area contributed by atoms with Gasteiger partial charge < -0.3 is 9.84 Å². The van der Waals surface area contributed by atoms with Crippen molar-refractivity contribution in [2.75, 3.05) is 10.7 Å². The SMILES string of the molecule is O=C(Nc1sccc1C(=O)NNc1nc(-c2ccncc2)no1)c1ccccc1Cl. The Morgan fingerprint density at radius 2 is 1.80 bits per heavy atom. The highest BCUT2D eigenvalue weighted by Gasteiger charge is 2.18. The molecule has 2 amide bonds. The van der Waals surface area contributed by atoms with Crippen LogP contribution in [-0.2, 0) is 0 Å². The predicted octanol–water partition coefficient (Wildman–Crippen LogP) is 3.86. The van der Waals surface area contributed by atoms with Gasteiger partial charge in [0.15, 0.2) is 0 Å². The normalized spacial score (nSPS) is 10.4. The average Bonchev–Trinajstić information content (AvgIpc) is 3.43. The minimum Gasteiger partial charge on any atom is -0.313 e. The van der Waals surface area contributed by atoms with Crippen molar-refractivity contribution in [2.24, 2.45) is 0 Å². The summed E-state index contributed by atoms with van der Waals surface area (Å²) in [5.74, 6) is -0.560. The lowest BCUT2D eigenvalue weighted by molar-refractivity contribution is 0.0962. The first-order valence-electron chi connectivity index (χ1n) is 8.55. The van der Waals surface area contributed by atoms with Gasteiger partial charge in [0.2, 0.25) is 5.82 Å². The Hall–Kier alpha value is -3.76. The van der Waals surface area contributed by atoms with Crippen LogP contribution < -0.4 is 16.2 Å².